The molecular formula is C18H23N3O3. The lowest BCUT2D eigenvalue weighted by Crippen LogP contribution is -2.29. The number of carbonyl (C=O) groups is 1. The van der Waals surface area contributed by atoms with Crippen molar-refractivity contribution in [3.63, 3.8) is 0 Å². The van der Waals surface area contributed by atoms with E-state index < -0.39 is 0 Å². The smallest absolute Gasteiger partial charge is 0.271 e. The number of amides is 1. The predicted molar refractivity (Wildman–Crippen MR) is 92.6 cm³/mol. The first-order chi connectivity index (χ1) is 11.4. The van der Waals surface area contributed by atoms with Crippen LogP contribution in [-0.2, 0) is 7.05 Å². The molecule has 6 heteroatoms. The van der Waals surface area contributed by atoms with Crippen LogP contribution in [0.1, 0.15) is 33.6 Å². The number of nitrogens with zero attached hydrogens (tertiary/aromatic N) is 2. The number of rotatable bonds is 6. The molecule has 0 aliphatic rings. The Balaban J connectivity index is 1.80. The molecule has 2 aromatic rings. The van der Waals surface area contributed by atoms with Gasteiger partial charge in [0.25, 0.3) is 11.5 Å². The molecule has 0 saturated heterocycles. The zero-order valence-corrected chi connectivity index (χ0v) is 14.5. The van der Waals surface area contributed by atoms with Gasteiger partial charge in [-0.25, -0.2) is 4.68 Å². The third-order valence-corrected chi connectivity index (χ3v) is 3.82. The van der Waals surface area contributed by atoms with Crippen molar-refractivity contribution in [1.82, 2.24) is 15.1 Å². The first kappa shape index (κ1) is 17.7. The molecule has 0 aliphatic carbocycles. The van der Waals surface area contributed by atoms with Crippen molar-refractivity contribution in [1.29, 1.82) is 0 Å². The van der Waals surface area contributed by atoms with E-state index in [-0.39, 0.29) is 17.2 Å². The van der Waals surface area contributed by atoms with Crippen molar-refractivity contribution in [3.05, 3.63) is 57.0 Å². The quantitative estimate of drug-likeness (QED) is 0.822. The van der Waals surface area contributed by atoms with Crippen molar-refractivity contribution in [2.75, 3.05) is 13.2 Å². The summed E-state index contributed by atoms with van der Waals surface area (Å²) in [6.07, 6.45) is 0.684. The summed E-state index contributed by atoms with van der Waals surface area (Å²) in [5, 5.41) is 6.68. The van der Waals surface area contributed by atoms with Gasteiger partial charge in [0.15, 0.2) is 0 Å². The van der Waals surface area contributed by atoms with Crippen LogP contribution in [0, 0.1) is 20.8 Å². The molecule has 0 bridgehead atoms. The van der Waals surface area contributed by atoms with Crippen LogP contribution >= 0.6 is 0 Å². The number of carbonyl (C=O) groups excluding carboxylic acids is 1. The average Bonchev–Trinajstić information content (AvgIpc) is 2.53. The highest BCUT2D eigenvalue weighted by Crippen LogP contribution is 2.23. The van der Waals surface area contributed by atoms with E-state index in [4.69, 9.17) is 4.74 Å². The van der Waals surface area contributed by atoms with Gasteiger partial charge < -0.3 is 10.1 Å². The summed E-state index contributed by atoms with van der Waals surface area (Å²) < 4.78 is 6.95. The molecular weight excluding hydrogens is 306 g/mol. The van der Waals surface area contributed by atoms with Gasteiger partial charge in [-0.15, -0.1) is 0 Å². The molecule has 0 unspecified atom stereocenters. The Morgan fingerprint density at radius 3 is 2.71 bits per heavy atom. The molecule has 0 atom stereocenters. The Bertz CT molecular complexity index is 797. The van der Waals surface area contributed by atoms with Crippen LogP contribution in [0.2, 0.25) is 0 Å². The molecule has 0 saturated carbocycles. The van der Waals surface area contributed by atoms with Gasteiger partial charge in [-0.05, 0) is 56.0 Å². The predicted octanol–water partition coefficient (Wildman–Crippen LogP) is 1.90. The number of ether oxygens (including phenoxy) is 1. The van der Waals surface area contributed by atoms with Crippen LogP contribution in [0.3, 0.4) is 0 Å². The van der Waals surface area contributed by atoms with E-state index in [0.717, 1.165) is 16.0 Å². The van der Waals surface area contributed by atoms with Gasteiger partial charge in [0.1, 0.15) is 11.4 Å². The average molecular weight is 329 g/mol. The first-order valence-corrected chi connectivity index (χ1v) is 7.91. The van der Waals surface area contributed by atoms with E-state index in [1.807, 2.05) is 19.9 Å². The molecule has 1 heterocycles. The van der Waals surface area contributed by atoms with Crippen molar-refractivity contribution in [2.45, 2.75) is 27.2 Å². The molecule has 1 aromatic carbocycles. The van der Waals surface area contributed by atoms with Crippen LogP contribution in [-0.4, -0.2) is 28.8 Å². The minimum Gasteiger partial charge on any atom is -0.493 e. The van der Waals surface area contributed by atoms with Crippen LogP contribution in [0.4, 0.5) is 0 Å². The van der Waals surface area contributed by atoms with Crippen LogP contribution < -0.4 is 15.6 Å². The normalized spacial score (nSPS) is 10.5. The van der Waals surface area contributed by atoms with E-state index in [9.17, 15) is 9.59 Å². The second-order valence-corrected chi connectivity index (χ2v) is 5.84. The number of aromatic nitrogens is 2. The molecule has 128 valence electrons. The summed E-state index contributed by atoms with van der Waals surface area (Å²) in [5.41, 5.74) is 3.49. The Morgan fingerprint density at radius 2 is 2.00 bits per heavy atom. The van der Waals surface area contributed by atoms with Gasteiger partial charge >= 0.3 is 0 Å². The Kier molecular flexibility index (Phi) is 5.73. The Morgan fingerprint density at radius 1 is 1.25 bits per heavy atom. The molecule has 0 radical (unpaired) electrons. The zero-order valence-electron chi connectivity index (χ0n) is 14.5. The fourth-order valence-electron chi connectivity index (χ4n) is 2.32. The fraction of sp³-hybridized carbons (Fsp3) is 0.389. The van der Waals surface area contributed by atoms with E-state index in [0.29, 0.717) is 19.6 Å². The van der Waals surface area contributed by atoms with Crippen molar-refractivity contribution in [2.24, 2.45) is 7.05 Å². The first-order valence-electron chi connectivity index (χ1n) is 7.91. The molecule has 24 heavy (non-hydrogen) atoms. The third-order valence-electron chi connectivity index (χ3n) is 3.82. The highest BCUT2D eigenvalue weighted by molar-refractivity contribution is 5.91. The number of hydrogen-bond donors (Lipinski definition) is 1. The maximum atomic E-state index is 12.0. The van der Waals surface area contributed by atoms with Gasteiger partial charge in [0.2, 0.25) is 0 Å². The maximum Gasteiger partial charge on any atom is 0.271 e. The van der Waals surface area contributed by atoms with Crippen molar-refractivity contribution in [3.8, 4) is 5.75 Å². The lowest BCUT2D eigenvalue weighted by molar-refractivity contribution is 0.0944. The minimum absolute atomic E-state index is 0.225. The molecule has 2 rings (SSSR count). The van der Waals surface area contributed by atoms with Gasteiger partial charge in [0, 0.05) is 19.7 Å². The summed E-state index contributed by atoms with van der Waals surface area (Å²) in [5.74, 6) is 0.590. The molecule has 1 amide bonds. The van der Waals surface area contributed by atoms with Gasteiger partial charge in [-0.2, -0.15) is 5.10 Å². The summed E-state index contributed by atoms with van der Waals surface area (Å²) in [6.45, 7) is 7.14. The molecule has 6 nitrogen and oxygen atoms in total. The van der Waals surface area contributed by atoms with Crippen molar-refractivity contribution >= 4 is 5.91 Å². The molecule has 0 aliphatic heterocycles. The molecule has 0 spiro atoms. The van der Waals surface area contributed by atoms with Gasteiger partial charge in [-0.3, -0.25) is 9.59 Å². The van der Waals surface area contributed by atoms with Gasteiger partial charge in [0.05, 0.1) is 6.61 Å². The summed E-state index contributed by atoms with van der Waals surface area (Å²) in [6, 6.07) is 6.90. The maximum absolute atomic E-state index is 12.0. The fourth-order valence-corrected chi connectivity index (χ4v) is 2.32. The van der Waals surface area contributed by atoms with Crippen LogP contribution in [0.5, 0.6) is 5.75 Å². The summed E-state index contributed by atoms with van der Waals surface area (Å²) in [4.78, 5) is 23.2. The number of nitrogens with one attached hydrogen (secondary N) is 1. The number of benzene rings is 1. The lowest BCUT2D eigenvalue weighted by Gasteiger charge is -2.12. The summed E-state index contributed by atoms with van der Waals surface area (Å²) >= 11 is 0. The third kappa shape index (κ3) is 4.44. The number of hydrogen-bond acceptors (Lipinski definition) is 4. The highest BCUT2D eigenvalue weighted by atomic mass is 16.5. The van der Waals surface area contributed by atoms with Gasteiger partial charge in [-0.1, -0.05) is 6.07 Å². The monoisotopic (exact) mass is 329 g/mol. The number of aryl methyl sites for hydroxylation is 3. The minimum atomic E-state index is -0.298. The second-order valence-electron chi connectivity index (χ2n) is 5.84. The standard InChI is InChI=1S/C18H23N3O3/c1-12-10-13(2)14(3)16(11-12)24-9-5-8-19-18(23)15-6-7-17(22)21(4)20-15/h6-7,10-11H,5,8-9H2,1-4H3,(H,19,23). The topological polar surface area (TPSA) is 73.2 Å². The van der Waals surface area contributed by atoms with E-state index >= 15 is 0 Å². The van der Waals surface area contributed by atoms with Crippen molar-refractivity contribution < 1.29 is 9.53 Å². The van der Waals surface area contributed by atoms with E-state index in [1.165, 1.54) is 30.3 Å². The molecule has 1 aromatic heterocycles. The van der Waals surface area contributed by atoms with Crippen LogP contribution in [0.15, 0.2) is 29.1 Å². The van der Waals surface area contributed by atoms with E-state index in [2.05, 4.69) is 23.4 Å². The molecule has 1 N–H and O–H groups in total. The SMILES string of the molecule is Cc1cc(C)c(C)c(OCCCNC(=O)c2ccc(=O)n(C)n2)c1. The summed E-state index contributed by atoms with van der Waals surface area (Å²) in [7, 11) is 1.51. The van der Waals surface area contributed by atoms with E-state index in [1.54, 1.807) is 0 Å². The zero-order chi connectivity index (χ0) is 17.7. The van der Waals surface area contributed by atoms with Crippen LogP contribution in [0.25, 0.3) is 0 Å². The highest BCUT2D eigenvalue weighted by Gasteiger charge is 2.08. The second kappa shape index (κ2) is 7.77. The Hall–Kier alpha value is -2.63. The molecule has 0 fully saturated rings. The largest absolute Gasteiger partial charge is 0.493 e. The Labute approximate surface area is 141 Å². The lowest BCUT2D eigenvalue weighted by atomic mass is 10.1.